The number of aryl methyl sites for hydroxylation is 2. The Morgan fingerprint density at radius 1 is 0.425 bits per heavy atom. The van der Waals surface area contributed by atoms with E-state index in [4.69, 9.17) is 11.5 Å². The zero-order valence-electron chi connectivity index (χ0n) is 27.6. The van der Waals surface area contributed by atoms with E-state index in [1.807, 2.05) is 0 Å². The maximum Gasteiger partial charge on any atom is 0.0626 e. The van der Waals surface area contributed by atoms with Crippen LogP contribution in [0.1, 0.15) is 116 Å². The summed E-state index contributed by atoms with van der Waals surface area (Å²) >= 11 is 0. The minimum atomic E-state index is -0.0861. The molecule has 0 saturated heterocycles. The van der Waals surface area contributed by atoms with E-state index in [1.54, 1.807) is 0 Å². The van der Waals surface area contributed by atoms with Crippen LogP contribution in [0.4, 0.5) is 34.1 Å². The topological polar surface area (TPSA) is 76.1 Å². The number of nitrogens with two attached hydrogens (primary N) is 2. The monoisotopic (exact) mass is 542 g/mol. The second kappa shape index (κ2) is 10.4. The van der Waals surface area contributed by atoms with Gasteiger partial charge in [0, 0.05) is 0 Å². The van der Waals surface area contributed by atoms with Crippen molar-refractivity contribution in [1.82, 2.24) is 0 Å². The van der Waals surface area contributed by atoms with E-state index < -0.39 is 0 Å². The Morgan fingerprint density at radius 3 is 0.975 bits per heavy atom. The molecular formula is C36H54N4. The van der Waals surface area contributed by atoms with Gasteiger partial charge in [0.15, 0.2) is 0 Å². The predicted molar refractivity (Wildman–Crippen MR) is 179 cm³/mol. The molecule has 0 spiro atoms. The minimum Gasteiger partial charge on any atom is -0.397 e. The molecule has 4 nitrogen and oxygen atoms in total. The number of benzene rings is 3. The standard InChI is InChI=1S/C36H54N4/c1-21-15-27(39-29-19-23(33(3,4)5)17-25(31(29)37)35(9,10)11)28(16-22(21)2)40-30-20-24(34(6,7)8)18-26(32(30)38)36(12,13)14/h15-20,39-40H,37-38H2,1-14H3. The lowest BCUT2D eigenvalue weighted by Gasteiger charge is -2.30. The van der Waals surface area contributed by atoms with Crippen LogP contribution in [-0.2, 0) is 21.7 Å². The lowest BCUT2D eigenvalue weighted by Crippen LogP contribution is -2.20. The van der Waals surface area contributed by atoms with Crippen LogP contribution < -0.4 is 22.1 Å². The molecular weight excluding hydrogens is 488 g/mol. The van der Waals surface area contributed by atoms with Crippen molar-refractivity contribution in [2.24, 2.45) is 0 Å². The molecule has 3 aromatic carbocycles. The van der Waals surface area contributed by atoms with Gasteiger partial charge in [0.1, 0.15) is 0 Å². The molecule has 0 amide bonds. The summed E-state index contributed by atoms with van der Waals surface area (Å²) in [7, 11) is 0. The first kappa shape index (κ1) is 31.4. The first-order valence-electron chi connectivity index (χ1n) is 14.5. The molecule has 4 heteroatoms. The van der Waals surface area contributed by atoms with Crippen LogP contribution >= 0.6 is 0 Å². The van der Waals surface area contributed by atoms with E-state index >= 15 is 0 Å². The number of nitrogens with one attached hydrogen (secondary N) is 2. The Hall–Kier alpha value is -3.14. The van der Waals surface area contributed by atoms with Crippen LogP contribution in [0.5, 0.6) is 0 Å². The SMILES string of the molecule is Cc1cc(Nc2cc(C(C)(C)C)cc(C(C)(C)C)c2N)c(Nc2cc(C(C)(C)C)cc(C(C)(C)C)c2N)cc1C. The summed E-state index contributed by atoms with van der Waals surface area (Å²) < 4.78 is 0. The first-order valence-corrected chi connectivity index (χ1v) is 14.5. The van der Waals surface area contributed by atoms with Gasteiger partial charge in [-0.1, -0.05) is 95.2 Å². The van der Waals surface area contributed by atoms with Crippen LogP contribution in [0.15, 0.2) is 36.4 Å². The molecule has 0 fully saturated rings. The number of nitrogen functional groups attached to an aromatic ring is 2. The van der Waals surface area contributed by atoms with Crippen LogP contribution in [0, 0.1) is 13.8 Å². The van der Waals surface area contributed by atoms with Crippen molar-refractivity contribution < 1.29 is 0 Å². The van der Waals surface area contributed by atoms with Crippen LogP contribution in [0.2, 0.25) is 0 Å². The summed E-state index contributed by atoms with van der Waals surface area (Å²) in [5.41, 5.74) is 26.1. The molecule has 0 bridgehead atoms. The summed E-state index contributed by atoms with van der Waals surface area (Å²) in [5, 5.41) is 7.47. The summed E-state index contributed by atoms with van der Waals surface area (Å²) in [5.74, 6) is 0. The highest BCUT2D eigenvalue weighted by Gasteiger charge is 2.26. The van der Waals surface area contributed by atoms with Gasteiger partial charge in [0.25, 0.3) is 0 Å². The molecule has 0 atom stereocenters. The van der Waals surface area contributed by atoms with Gasteiger partial charge < -0.3 is 22.1 Å². The highest BCUT2D eigenvalue weighted by Crippen LogP contribution is 2.43. The third-order valence-electron chi connectivity index (χ3n) is 7.88. The van der Waals surface area contributed by atoms with E-state index in [1.165, 1.54) is 22.3 Å². The minimum absolute atomic E-state index is 0.0143. The molecule has 0 aliphatic carbocycles. The van der Waals surface area contributed by atoms with Gasteiger partial charge >= 0.3 is 0 Å². The second-order valence-electron chi connectivity index (χ2n) is 15.7. The lowest BCUT2D eigenvalue weighted by atomic mass is 9.79. The van der Waals surface area contributed by atoms with Crippen molar-refractivity contribution in [2.75, 3.05) is 22.1 Å². The van der Waals surface area contributed by atoms with Gasteiger partial charge in [-0.2, -0.15) is 0 Å². The third kappa shape index (κ3) is 6.77. The fraction of sp³-hybridized carbons (Fsp3) is 0.500. The number of rotatable bonds is 4. The molecule has 0 aliphatic heterocycles. The Kier molecular flexibility index (Phi) is 8.13. The van der Waals surface area contributed by atoms with Crippen LogP contribution in [0.3, 0.4) is 0 Å². The fourth-order valence-corrected chi connectivity index (χ4v) is 4.93. The van der Waals surface area contributed by atoms with Gasteiger partial charge in [-0.05, 0) is 93.2 Å². The highest BCUT2D eigenvalue weighted by atomic mass is 15.0. The summed E-state index contributed by atoms with van der Waals surface area (Å²) in [4.78, 5) is 0. The first-order chi connectivity index (χ1) is 18.0. The normalized spacial score (nSPS) is 12.9. The highest BCUT2D eigenvalue weighted by molar-refractivity contribution is 5.87. The summed E-state index contributed by atoms with van der Waals surface area (Å²) in [6.45, 7) is 31.1. The van der Waals surface area contributed by atoms with Crippen molar-refractivity contribution in [2.45, 2.75) is 119 Å². The maximum atomic E-state index is 6.86. The van der Waals surface area contributed by atoms with Crippen molar-refractivity contribution in [3.8, 4) is 0 Å². The van der Waals surface area contributed by atoms with E-state index in [0.29, 0.717) is 0 Å². The summed E-state index contributed by atoms with van der Waals surface area (Å²) in [6.07, 6.45) is 0. The molecule has 0 aromatic heterocycles. The quantitative estimate of drug-likeness (QED) is 0.247. The van der Waals surface area contributed by atoms with E-state index in [2.05, 4.69) is 144 Å². The number of hydrogen-bond acceptors (Lipinski definition) is 4. The summed E-state index contributed by atoms with van der Waals surface area (Å²) in [6, 6.07) is 13.4. The Bertz CT molecular complexity index is 1290. The molecule has 0 unspecified atom stereocenters. The van der Waals surface area contributed by atoms with E-state index in [0.717, 1.165) is 45.3 Å². The number of anilines is 6. The predicted octanol–water partition coefficient (Wildman–Crippen LogP) is 10.1. The van der Waals surface area contributed by atoms with Gasteiger partial charge in [0.05, 0.1) is 34.1 Å². The van der Waals surface area contributed by atoms with Crippen LogP contribution in [0.25, 0.3) is 0 Å². The molecule has 6 N–H and O–H groups in total. The second-order valence-corrected chi connectivity index (χ2v) is 15.7. The van der Waals surface area contributed by atoms with Crippen molar-refractivity contribution in [3.63, 3.8) is 0 Å². The third-order valence-corrected chi connectivity index (χ3v) is 7.88. The van der Waals surface area contributed by atoms with Crippen molar-refractivity contribution >= 4 is 34.1 Å². The van der Waals surface area contributed by atoms with E-state index in [-0.39, 0.29) is 21.7 Å². The fourth-order valence-electron chi connectivity index (χ4n) is 4.93. The Labute approximate surface area is 244 Å². The molecule has 0 heterocycles. The largest absolute Gasteiger partial charge is 0.397 e. The molecule has 40 heavy (non-hydrogen) atoms. The zero-order chi connectivity index (χ0) is 30.6. The van der Waals surface area contributed by atoms with E-state index in [9.17, 15) is 0 Å². The Balaban J connectivity index is 2.23. The average Bonchev–Trinajstić information content (AvgIpc) is 2.76. The smallest absolute Gasteiger partial charge is 0.0626 e. The van der Waals surface area contributed by atoms with Gasteiger partial charge in [0.2, 0.25) is 0 Å². The lowest BCUT2D eigenvalue weighted by molar-refractivity contribution is 0.570. The van der Waals surface area contributed by atoms with Gasteiger partial charge in [-0.3, -0.25) is 0 Å². The van der Waals surface area contributed by atoms with Crippen molar-refractivity contribution in [1.29, 1.82) is 0 Å². The van der Waals surface area contributed by atoms with Gasteiger partial charge in [-0.25, -0.2) is 0 Å². The molecule has 0 radical (unpaired) electrons. The molecule has 3 rings (SSSR count). The maximum absolute atomic E-state index is 6.86. The molecule has 3 aromatic rings. The molecule has 0 aliphatic rings. The number of hydrogen-bond donors (Lipinski definition) is 4. The van der Waals surface area contributed by atoms with Gasteiger partial charge in [-0.15, -0.1) is 0 Å². The van der Waals surface area contributed by atoms with Crippen molar-refractivity contribution in [3.05, 3.63) is 69.8 Å². The Morgan fingerprint density at radius 2 is 0.725 bits per heavy atom. The molecule has 0 saturated carbocycles. The van der Waals surface area contributed by atoms with Crippen LogP contribution in [-0.4, -0.2) is 0 Å². The molecule has 218 valence electrons. The zero-order valence-corrected chi connectivity index (χ0v) is 27.6. The average molecular weight is 543 g/mol.